The molecule has 1 saturated carbocycles. The molecular formula is C15H20N2O4S. The fourth-order valence-electron chi connectivity index (χ4n) is 2.53. The van der Waals surface area contributed by atoms with E-state index in [0.717, 1.165) is 24.2 Å². The van der Waals surface area contributed by atoms with Crippen LogP contribution in [0.3, 0.4) is 0 Å². The highest BCUT2D eigenvalue weighted by Crippen LogP contribution is 2.27. The van der Waals surface area contributed by atoms with E-state index in [9.17, 15) is 20.0 Å². The van der Waals surface area contributed by atoms with Gasteiger partial charge in [0.15, 0.2) is 0 Å². The Morgan fingerprint density at radius 1 is 1.45 bits per heavy atom. The van der Waals surface area contributed by atoms with Crippen LogP contribution in [0.25, 0.3) is 0 Å². The van der Waals surface area contributed by atoms with E-state index in [0.29, 0.717) is 6.54 Å². The summed E-state index contributed by atoms with van der Waals surface area (Å²) in [5, 5.41) is 22.9. The minimum Gasteiger partial charge on any atom is -0.393 e. The van der Waals surface area contributed by atoms with Gasteiger partial charge in [0, 0.05) is 29.5 Å². The highest BCUT2D eigenvalue weighted by Gasteiger charge is 2.26. The van der Waals surface area contributed by atoms with E-state index in [1.165, 1.54) is 23.9 Å². The lowest BCUT2D eigenvalue weighted by atomic mass is 10.1. The van der Waals surface area contributed by atoms with Crippen LogP contribution in [0.2, 0.25) is 0 Å². The Morgan fingerprint density at radius 2 is 2.14 bits per heavy atom. The molecule has 0 saturated heterocycles. The van der Waals surface area contributed by atoms with E-state index in [4.69, 9.17) is 0 Å². The van der Waals surface area contributed by atoms with Crippen LogP contribution >= 0.6 is 11.8 Å². The maximum atomic E-state index is 12.1. The molecule has 1 fully saturated rings. The van der Waals surface area contributed by atoms with Crippen LogP contribution in [0, 0.1) is 16.0 Å². The second kappa shape index (κ2) is 7.60. The van der Waals surface area contributed by atoms with Crippen molar-refractivity contribution in [2.45, 2.75) is 42.4 Å². The molecule has 3 unspecified atom stereocenters. The molecular weight excluding hydrogens is 304 g/mol. The molecule has 7 heteroatoms. The van der Waals surface area contributed by atoms with Crippen LogP contribution in [0.4, 0.5) is 5.69 Å². The van der Waals surface area contributed by atoms with Gasteiger partial charge in [-0.1, -0.05) is 6.42 Å². The third-order valence-electron chi connectivity index (χ3n) is 3.89. The zero-order valence-electron chi connectivity index (χ0n) is 12.4. The number of nitro benzene ring substituents is 1. The first-order chi connectivity index (χ1) is 10.5. The van der Waals surface area contributed by atoms with Crippen molar-refractivity contribution in [3.8, 4) is 0 Å². The number of thioether (sulfide) groups is 1. The topological polar surface area (TPSA) is 92.5 Å². The van der Waals surface area contributed by atoms with E-state index in [-0.39, 0.29) is 28.9 Å². The predicted molar refractivity (Wildman–Crippen MR) is 84.8 cm³/mol. The molecule has 1 aromatic carbocycles. The molecule has 0 radical (unpaired) electrons. The smallest absolute Gasteiger partial charge is 0.269 e. The van der Waals surface area contributed by atoms with Crippen LogP contribution in [0.5, 0.6) is 0 Å². The Balaban J connectivity index is 1.81. The van der Waals surface area contributed by atoms with Crippen molar-refractivity contribution in [2.24, 2.45) is 5.92 Å². The van der Waals surface area contributed by atoms with Gasteiger partial charge in [-0.3, -0.25) is 14.9 Å². The first-order valence-corrected chi connectivity index (χ1v) is 8.22. The van der Waals surface area contributed by atoms with Gasteiger partial charge in [-0.2, -0.15) is 0 Å². The molecule has 0 spiro atoms. The molecule has 3 atom stereocenters. The van der Waals surface area contributed by atoms with Gasteiger partial charge in [-0.05, 0) is 31.9 Å². The van der Waals surface area contributed by atoms with Crippen LogP contribution in [-0.2, 0) is 4.79 Å². The number of benzene rings is 1. The average molecular weight is 324 g/mol. The fraction of sp³-hybridized carbons (Fsp3) is 0.533. The summed E-state index contributed by atoms with van der Waals surface area (Å²) >= 11 is 1.36. The summed E-state index contributed by atoms with van der Waals surface area (Å²) in [6, 6.07) is 6.16. The van der Waals surface area contributed by atoms with Crippen molar-refractivity contribution < 1.29 is 14.8 Å². The number of hydrogen-bond acceptors (Lipinski definition) is 5. The second-order valence-corrected chi connectivity index (χ2v) is 6.93. The molecule has 0 aliphatic heterocycles. The lowest BCUT2D eigenvalue weighted by Gasteiger charge is -2.17. The fourth-order valence-corrected chi connectivity index (χ4v) is 3.43. The number of rotatable bonds is 6. The third-order valence-corrected chi connectivity index (χ3v) is 5.00. The Labute approximate surface area is 133 Å². The Hall–Kier alpha value is -1.60. The van der Waals surface area contributed by atoms with Gasteiger partial charge in [0.2, 0.25) is 5.91 Å². The van der Waals surface area contributed by atoms with E-state index in [2.05, 4.69) is 5.32 Å². The number of carbonyl (C=O) groups is 1. The zero-order valence-corrected chi connectivity index (χ0v) is 13.2. The van der Waals surface area contributed by atoms with E-state index >= 15 is 0 Å². The monoisotopic (exact) mass is 324 g/mol. The highest BCUT2D eigenvalue weighted by atomic mass is 32.2. The molecule has 0 aromatic heterocycles. The van der Waals surface area contributed by atoms with Gasteiger partial charge < -0.3 is 10.4 Å². The number of nitrogens with zero attached hydrogens (tertiary/aromatic N) is 1. The van der Waals surface area contributed by atoms with Crippen molar-refractivity contribution >= 4 is 23.4 Å². The summed E-state index contributed by atoms with van der Waals surface area (Å²) in [7, 11) is 0. The van der Waals surface area contributed by atoms with Gasteiger partial charge >= 0.3 is 0 Å². The normalized spacial score (nSPS) is 22.3. The number of aliphatic hydroxyl groups is 1. The molecule has 1 aliphatic carbocycles. The molecule has 1 aromatic rings. The van der Waals surface area contributed by atoms with Crippen molar-refractivity contribution in [3.63, 3.8) is 0 Å². The number of carbonyl (C=O) groups excluding carboxylic acids is 1. The lowest BCUT2D eigenvalue weighted by Crippen LogP contribution is -2.36. The maximum absolute atomic E-state index is 12.1. The summed E-state index contributed by atoms with van der Waals surface area (Å²) in [6.07, 6.45) is 2.46. The number of hydrogen-bond donors (Lipinski definition) is 2. The molecule has 0 bridgehead atoms. The molecule has 2 N–H and O–H groups in total. The Bertz CT molecular complexity index is 535. The van der Waals surface area contributed by atoms with Crippen LogP contribution in [0.1, 0.15) is 26.2 Å². The van der Waals surface area contributed by atoms with Gasteiger partial charge in [0.25, 0.3) is 5.69 Å². The number of nitrogens with one attached hydrogen (secondary N) is 1. The summed E-state index contributed by atoms with van der Waals surface area (Å²) in [6.45, 7) is 2.30. The second-order valence-electron chi connectivity index (χ2n) is 5.51. The standard InChI is InChI=1S/C15H20N2O4S/c1-10(15(19)16-9-11-3-2-4-14(11)18)22-13-7-5-12(6-8-13)17(20)21/h5-8,10-11,14,18H,2-4,9H2,1H3,(H,16,19). The van der Waals surface area contributed by atoms with Gasteiger partial charge in [0.05, 0.1) is 16.3 Å². The molecule has 22 heavy (non-hydrogen) atoms. The molecule has 1 aliphatic rings. The van der Waals surface area contributed by atoms with E-state index in [1.807, 2.05) is 0 Å². The minimum absolute atomic E-state index is 0.0386. The molecule has 6 nitrogen and oxygen atoms in total. The minimum atomic E-state index is -0.447. The number of amides is 1. The summed E-state index contributed by atoms with van der Waals surface area (Å²) in [5.41, 5.74) is 0.0386. The highest BCUT2D eigenvalue weighted by molar-refractivity contribution is 8.00. The molecule has 1 amide bonds. The molecule has 0 heterocycles. The largest absolute Gasteiger partial charge is 0.393 e. The number of nitro groups is 1. The average Bonchev–Trinajstić information content (AvgIpc) is 2.90. The third kappa shape index (κ3) is 4.45. The Kier molecular flexibility index (Phi) is 5.79. The van der Waals surface area contributed by atoms with Gasteiger partial charge in [-0.15, -0.1) is 11.8 Å². The molecule has 2 rings (SSSR count). The summed E-state index contributed by atoms with van der Waals surface area (Å²) < 4.78 is 0. The Morgan fingerprint density at radius 3 is 2.68 bits per heavy atom. The lowest BCUT2D eigenvalue weighted by molar-refractivity contribution is -0.384. The van der Waals surface area contributed by atoms with Crippen LogP contribution in [0.15, 0.2) is 29.2 Å². The number of non-ortho nitro benzene ring substituents is 1. The SMILES string of the molecule is CC(Sc1ccc([N+](=O)[O-])cc1)C(=O)NCC1CCCC1O. The number of aliphatic hydroxyl groups excluding tert-OH is 1. The zero-order chi connectivity index (χ0) is 16.1. The molecule has 120 valence electrons. The predicted octanol–water partition coefficient (Wildman–Crippen LogP) is 2.35. The first-order valence-electron chi connectivity index (χ1n) is 7.34. The van der Waals surface area contributed by atoms with Gasteiger partial charge in [-0.25, -0.2) is 0 Å². The van der Waals surface area contributed by atoms with Crippen molar-refractivity contribution in [1.82, 2.24) is 5.32 Å². The van der Waals surface area contributed by atoms with E-state index in [1.54, 1.807) is 19.1 Å². The van der Waals surface area contributed by atoms with Crippen LogP contribution in [-0.4, -0.2) is 33.8 Å². The quantitative estimate of drug-likeness (QED) is 0.476. The van der Waals surface area contributed by atoms with Crippen LogP contribution < -0.4 is 5.32 Å². The van der Waals surface area contributed by atoms with Gasteiger partial charge in [0.1, 0.15) is 0 Å². The van der Waals surface area contributed by atoms with Crippen molar-refractivity contribution in [3.05, 3.63) is 34.4 Å². The summed E-state index contributed by atoms with van der Waals surface area (Å²) in [5.74, 6) is 0.0722. The first kappa shape index (κ1) is 16.8. The van der Waals surface area contributed by atoms with Crippen molar-refractivity contribution in [2.75, 3.05) is 6.54 Å². The van der Waals surface area contributed by atoms with E-state index < -0.39 is 4.92 Å². The maximum Gasteiger partial charge on any atom is 0.269 e. The summed E-state index contributed by atoms with van der Waals surface area (Å²) in [4.78, 5) is 23.0. The van der Waals surface area contributed by atoms with Crippen molar-refractivity contribution in [1.29, 1.82) is 0 Å².